The maximum absolute atomic E-state index is 12.1. The number of nitrogens with zero attached hydrogens (tertiary/aromatic N) is 1. The minimum Gasteiger partial charge on any atom is -0.464 e. The van der Waals surface area contributed by atoms with Gasteiger partial charge in [-0.15, -0.1) is 0 Å². The highest BCUT2D eigenvalue weighted by Gasteiger charge is 2.06. The van der Waals surface area contributed by atoms with Crippen molar-refractivity contribution in [1.82, 2.24) is 10.2 Å². The van der Waals surface area contributed by atoms with Crippen LogP contribution in [0.25, 0.3) is 0 Å². The van der Waals surface area contributed by atoms with Gasteiger partial charge in [-0.05, 0) is 32.9 Å². The lowest BCUT2D eigenvalue weighted by molar-refractivity contribution is -0.144. The van der Waals surface area contributed by atoms with E-state index in [9.17, 15) is 9.59 Å². The zero-order chi connectivity index (χ0) is 32.9. The van der Waals surface area contributed by atoms with Gasteiger partial charge in [0, 0.05) is 25.9 Å². The molecule has 0 unspecified atom stereocenters. The van der Waals surface area contributed by atoms with Gasteiger partial charge in [-0.2, -0.15) is 0 Å². The fourth-order valence-corrected chi connectivity index (χ4v) is 6.11. The minimum atomic E-state index is -0.0573. The van der Waals surface area contributed by atoms with Crippen molar-refractivity contribution in [2.75, 3.05) is 33.3 Å². The van der Waals surface area contributed by atoms with Gasteiger partial charge < -0.3 is 15.0 Å². The molecule has 0 aliphatic rings. The number of amides is 1. The summed E-state index contributed by atoms with van der Waals surface area (Å²) in [6.07, 6.45) is 39.4. The van der Waals surface area contributed by atoms with Crippen molar-refractivity contribution in [1.29, 1.82) is 0 Å². The molecule has 45 heavy (non-hydrogen) atoms. The molecule has 0 aromatic heterocycles. The first-order chi connectivity index (χ1) is 22.1. The summed E-state index contributed by atoms with van der Waals surface area (Å²) in [7, 11) is 2.05. The number of rotatable bonds is 37. The number of carbonyl (C=O) groups is 2. The second-order valence-corrected chi connectivity index (χ2v) is 13.9. The summed E-state index contributed by atoms with van der Waals surface area (Å²) in [5, 5.41) is 3.07. The van der Waals surface area contributed by atoms with Gasteiger partial charge in [0.15, 0.2) is 0 Å². The van der Waals surface area contributed by atoms with Crippen LogP contribution in [0.3, 0.4) is 0 Å². The Labute approximate surface area is 282 Å². The normalized spacial score (nSPS) is 11.4. The van der Waals surface area contributed by atoms with E-state index in [1.54, 1.807) is 0 Å². The first kappa shape index (κ1) is 43.9. The molecular weight excluding hydrogens is 556 g/mol. The van der Waals surface area contributed by atoms with Crippen LogP contribution in [0.5, 0.6) is 0 Å². The molecule has 268 valence electrons. The second-order valence-electron chi connectivity index (χ2n) is 13.9. The molecule has 1 amide bonds. The Balaban J connectivity index is 3.36. The molecule has 5 heteroatoms. The second kappa shape index (κ2) is 37.4. The van der Waals surface area contributed by atoms with E-state index in [1.807, 2.05) is 0 Å². The molecule has 0 atom stereocenters. The van der Waals surface area contributed by atoms with Crippen LogP contribution in [0, 0.1) is 0 Å². The number of carbonyl (C=O) groups excluding carboxylic acids is 2. The number of hydrogen-bond donors (Lipinski definition) is 1. The van der Waals surface area contributed by atoms with Crippen molar-refractivity contribution < 1.29 is 14.3 Å². The zero-order valence-corrected chi connectivity index (χ0v) is 30.9. The molecule has 0 fully saturated rings. The van der Waals surface area contributed by atoms with Crippen LogP contribution in [0.15, 0.2) is 0 Å². The van der Waals surface area contributed by atoms with E-state index < -0.39 is 0 Å². The summed E-state index contributed by atoms with van der Waals surface area (Å²) in [6, 6.07) is 0. The predicted octanol–water partition coefficient (Wildman–Crippen LogP) is 11.7. The van der Waals surface area contributed by atoms with E-state index in [4.69, 9.17) is 4.74 Å². The number of nitrogens with one attached hydrogen (secondary N) is 1. The first-order valence-corrected chi connectivity index (χ1v) is 20.2. The number of likely N-dealkylation sites (N-methyl/N-ethyl adjacent to an activating group) is 1. The summed E-state index contributed by atoms with van der Waals surface area (Å²) >= 11 is 0. The molecule has 0 radical (unpaired) electrons. The molecule has 0 spiro atoms. The van der Waals surface area contributed by atoms with Gasteiger partial charge in [-0.1, -0.05) is 181 Å². The fraction of sp³-hybridized carbons (Fsp3) is 0.950. The monoisotopic (exact) mass is 637 g/mol. The van der Waals surface area contributed by atoms with E-state index in [2.05, 4.69) is 31.1 Å². The minimum absolute atomic E-state index is 0.0573. The molecule has 1 N–H and O–H groups in total. The Hall–Kier alpha value is -1.10. The molecule has 0 saturated heterocycles. The average Bonchev–Trinajstić information content (AvgIpc) is 3.03. The van der Waals surface area contributed by atoms with Crippen molar-refractivity contribution >= 4 is 11.9 Å². The van der Waals surface area contributed by atoms with E-state index >= 15 is 0 Å². The molecule has 0 heterocycles. The third-order valence-corrected chi connectivity index (χ3v) is 9.27. The van der Waals surface area contributed by atoms with Gasteiger partial charge in [-0.25, -0.2) is 0 Å². The molecular formula is C40H80N2O3. The van der Waals surface area contributed by atoms with Crippen LogP contribution in [0.4, 0.5) is 0 Å². The van der Waals surface area contributed by atoms with E-state index in [0.717, 1.165) is 45.3 Å². The summed E-state index contributed by atoms with van der Waals surface area (Å²) < 4.78 is 5.44. The summed E-state index contributed by atoms with van der Waals surface area (Å²) in [4.78, 5) is 26.3. The Morgan fingerprint density at radius 3 is 1.22 bits per heavy atom. The van der Waals surface area contributed by atoms with Crippen LogP contribution >= 0.6 is 0 Å². The van der Waals surface area contributed by atoms with E-state index in [-0.39, 0.29) is 11.9 Å². The van der Waals surface area contributed by atoms with Crippen LogP contribution in [-0.2, 0) is 14.3 Å². The Morgan fingerprint density at radius 1 is 0.467 bits per heavy atom. The SMILES string of the molecule is CCCCCCCCCCCCCCCCC(=O)NCCCN(C)CCOC(=O)CCCCCCCCCCCCCCCC. The topological polar surface area (TPSA) is 58.6 Å². The Bertz CT molecular complexity index is 612. The number of hydrogen-bond acceptors (Lipinski definition) is 4. The third kappa shape index (κ3) is 37.2. The first-order valence-electron chi connectivity index (χ1n) is 20.2. The van der Waals surface area contributed by atoms with Crippen LogP contribution in [-0.4, -0.2) is 50.1 Å². The third-order valence-electron chi connectivity index (χ3n) is 9.27. The van der Waals surface area contributed by atoms with Gasteiger partial charge >= 0.3 is 5.97 Å². The molecule has 0 bridgehead atoms. The molecule has 0 aliphatic heterocycles. The molecule has 0 aromatic rings. The van der Waals surface area contributed by atoms with E-state index in [1.165, 1.54) is 161 Å². The van der Waals surface area contributed by atoms with Crippen molar-refractivity contribution in [3.05, 3.63) is 0 Å². The summed E-state index contributed by atoms with van der Waals surface area (Å²) in [5.41, 5.74) is 0. The van der Waals surface area contributed by atoms with Crippen molar-refractivity contribution in [2.45, 2.75) is 213 Å². The maximum atomic E-state index is 12.1. The highest BCUT2D eigenvalue weighted by Crippen LogP contribution is 2.15. The maximum Gasteiger partial charge on any atom is 0.305 e. The summed E-state index contributed by atoms with van der Waals surface area (Å²) in [5.74, 6) is 0.132. The largest absolute Gasteiger partial charge is 0.464 e. The zero-order valence-electron chi connectivity index (χ0n) is 30.9. The van der Waals surface area contributed by atoms with Gasteiger partial charge in [0.2, 0.25) is 5.91 Å². The molecule has 0 aliphatic carbocycles. The molecule has 0 rings (SSSR count). The quantitative estimate of drug-likeness (QED) is 0.0544. The van der Waals surface area contributed by atoms with E-state index in [0.29, 0.717) is 19.4 Å². The van der Waals surface area contributed by atoms with Gasteiger partial charge in [0.25, 0.3) is 0 Å². The number of esters is 1. The molecule has 0 saturated carbocycles. The molecule has 5 nitrogen and oxygen atoms in total. The highest BCUT2D eigenvalue weighted by molar-refractivity contribution is 5.75. The predicted molar refractivity (Wildman–Crippen MR) is 196 cm³/mol. The smallest absolute Gasteiger partial charge is 0.305 e. The summed E-state index contributed by atoms with van der Waals surface area (Å²) in [6.45, 7) is 7.39. The lowest BCUT2D eigenvalue weighted by Crippen LogP contribution is -2.30. The Kier molecular flexibility index (Phi) is 36.4. The van der Waals surface area contributed by atoms with Crippen LogP contribution in [0.1, 0.15) is 213 Å². The van der Waals surface area contributed by atoms with Gasteiger partial charge in [0.1, 0.15) is 6.61 Å². The molecule has 0 aromatic carbocycles. The van der Waals surface area contributed by atoms with Crippen molar-refractivity contribution in [3.8, 4) is 0 Å². The van der Waals surface area contributed by atoms with Gasteiger partial charge in [0.05, 0.1) is 0 Å². The lowest BCUT2D eigenvalue weighted by atomic mass is 10.0. The van der Waals surface area contributed by atoms with Crippen LogP contribution < -0.4 is 5.32 Å². The van der Waals surface area contributed by atoms with Gasteiger partial charge in [-0.3, -0.25) is 9.59 Å². The lowest BCUT2D eigenvalue weighted by Gasteiger charge is -2.16. The van der Waals surface area contributed by atoms with Crippen molar-refractivity contribution in [2.24, 2.45) is 0 Å². The fourth-order valence-electron chi connectivity index (χ4n) is 6.11. The average molecular weight is 637 g/mol. The highest BCUT2D eigenvalue weighted by atomic mass is 16.5. The number of ether oxygens (including phenoxy) is 1. The standard InChI is InChI=1S/C40H80N2O3/c1-4-6-8-10-12-14-16-18-20-22-24-26-28-30-33-39(43)41-35-32-36-42(3)37-38-45-40(44)34-31-29-27-25-23-21-19-17-15-13-11-9-7-5-2/h4-38H2,1-3H3,(H,41,43). The number of unbranched alkanes of at least 4 members (excludes halogenated alkanes) is 26. The van der Waals surface area contributed by atoms with Crippen LogP contribution in [0.2, 0.25) is 0 Å². The van der Waals surface area contributed by atoms with Crippen molar-refractivity contribution in [3.63, 3.8) is 0 Å². The Morgan fingerprint density at radius 2 is 0.822 bits per heavy atom.